The van der Waals surface area contributed by atoms with E-state index in [0.29, 0.717) is 40.0 Å². The molecule has 176 valence electrons. The largest absolute Gasteiger partial charge is 0.497 e. The number of hydrogen-bond acceptors (Lipinski definition) is 8. The topological polar surface area (TPSA) is 109 Å². The minimum absolute atomic E-state index is 0.161. The second-order valence-electron chi connectivity index (χ2n) is 7.38. The Morgan fingerprint density at radius 2 is 1.68 bits per heavy atom. The molecule has 0 saturated carbocycles. The van der Waals surface area contributed by atoms with Crippen LogP contribution < -0.4 is 19.5 Å². The maximum absolute atomic E-state index is 12.9. The van der Waals surface area contributed by atoms with E-state index < -0.39 is 5.91 Å². The summed E-state index contributed by atoms with van der Waals surface area (Å²) in [5, 5.41) is 16.1. The van der Waals surface area contributed by atoms with Crippen LogP contribution in [0.15, 0.2) is 42.5 Å². The number of carbonyl (C=O) groups excluding carboxylic acids is 1. The van der Waals surface area contributed by atoms with Gasteiger partial charge >= 0.3 is 0 Å². The van der Waals surface area contributed by atoms with Gasteiger partial charge in [0.1, 0.15) is 5.75 Å². The van der Waals surface area contributed by atoms with E-state index in [-0.39, 0.29) is 12.3 Å². The van der Waals surface area contributed by atoms with Crippen molar-refractivity contribution in [1.29, 1.82) is 0 Å². The van der Waals surface area contributed by atoms with Crippen LogP contribution in [-0.2, 0) is 11.3 Å². The molecular formula is C24H25N5O5. The molecule has 1 amide bonds. The number of anilines is 1. The van der Waals surface area contributed by atoms with Crippen molar-refractivity contribution < 1.29 is 23.7 Å². The second kappa shape index (κ2) is 9.75. The molecule has 0 atom stereocenters. The predicted octanol–water partition coefficient (Wildman–Crippen LogP) is 3.52. The van der Waals surface area contributed by atoms with Crippen molar-refractivity contribution in [3.8, 4) is 28.4 Å². The molecule has 1 N–H and O–H groups in total. The van der Waals surface area contributed by atoms with E-state index in [1.165, 1.54) is 0 Å². The minimum atomic E-state index is -0.395. The lowest BCUT2D eigenvalue weighted by Crippen LogP contribution is -2.18. The van der Waals surface area contributed by atoms with E-state index in [2.05, 4.69) is 20.6 Å². The first-order valence-corrected chi connectivity index (χ1v) is 10.4. The molecule has 0 aliphatic heterocycles. The highest BCUT2D eigenvalue weighted by molar-refractivity contribution is 6.03. The Morgan fingerprint density at radius 1 is 0.941 bits per heavy atom. The number of aryl methyl sites for hydroxylation is 1. The second-order valence-corrected chi connectivity index (χ2v) is 7.38. The summed E-state index contributed by atoms with van der Waals surface area (Å²) in [6.45, 7) is 2.02. The van der Waals surface area contributed by atoms with Crippen molar-refractivity contribution in [3.63, 3.8) is 0 Å². The summed E-state index contributed by atoms with van der Waals surface area (Å²) in [6, 6.07) is 12.6. The normalized spacial score (nSPS) is 10.9. The van der Waals surface area contributed by atoms with E-state index in [9.17, 15) is 4.79 Å². The number of amides is 1. The predicted molar refractivity (Wildman–Crippen MR) is 126 cm³/mol. The van der Waals surface area contributed by atoms with Crippen LogP contribution in [0.25, 0.3) is 16.8 Å². The number of nitrogens with one attached hydrogen (secondary N) is 1. The first-order valence-electron chi connectivity index (χ1n) is 10.4. The van der Waals surface area contributed by atoms with Gasteiger partial charge in [0, 0.05) is 12.8 Å². The Morgan fingerprint density at radius 3 is 2.32 bits per heavy atom. The number of hydrogen-bond donors (Lipinski definition) is 1. The molecule has 2 aromatic carbocycles. The summed E-state index contributed by atoms with van der Waals surface area (Å²) in [4.78, 5) is 12.9. The highest BCUT2D eigenvalue weighted by atomic mass is 16.5. The molecule has 4 aromatic rings. The van der Waals surface area contributed by atoms with Crippen LogP contribution in [0.4, 0.5) is 5.69 Å². The number of methoxy groups -OCH3 is 4. The van der Waals surface area contributed by atoms with Crippen LogP contribution in [0.1, 0.15) is 21.9 Å². The van der Waals surface area contributed by atoms with Crippen LogP contribution in [-0.4, -0.2) is 54.2 Å². The first kappa shape index (κ1) is 23.0. The monoisotopic (exact) mass is 463 g/mol. The lowest BCUT2D eigenvalue weighted by Gasteiger charge is -2.10. The summed E-state index contributed by atoms with van der Waals surface area (Å²) in [6.07, 6.45) is 0. The van der Waals surface area contributed by atoms with Gasteiger partial charge in [0.15, 0.2) is 22.8 Å². The van der Waals surface area contributed by atoms with Crippen molar-refractivity contribution >= 4 is 17.2 Å². The fraction of sp³-hybridized carbons (Fsp3) is 0.250. The van der Waals surface area contributed by atoms with Crippen molar-refractivity contribution in [1.82, 2.24) is 19.8 Å². The Labute approximate surface area is 196 Å². The number of aromatic nitrogens is 4. The van der Waals surface area contributed by atoms with Crippen LogP contribution >= 0.6 is 0 Å². The molecule has 0 saturated heterocycles. The van der Waals surface area contributed by atoms with Crippen molar-refractivity contribution in [2.45, 2.75) is 13.5 Å². The number of rotatable bonds is 8. The molecule has 0 aliphatic carbocycles. The SMILES string of the molecule is COCc1nn2c(C)c(C(=O)Nc3ccc(OC)cc3)nnc2c1-c1ccc(OC)c(OC)c1. The van der Waals surface area contributed by atoms with E-state index in [1.54, 1.807) is 64.1 Å². The van der Waals surface area contributed by atoms with Gasteiger partial charge in [0.05, 0.1) is 44.9 Å². The van der Waals surface area contributed by atoms with Crippen molar-refractivity contribution in [2.24, 2.45) is 0 Å². The third-order valence-electron chi connectivity index (χ3n) is 5.35. The fourth-order valence-electron chi connectivity index (χ4n) is 3.65. The Kier molecular flexibility index (Phi) is 6.60. The molecule has 0 fully saturated rings. The average molecular weight is 463 g/mol. The molecule has 0 spiro atoms. The molecule has 0 bridgehead atoms. The van der Waals surface area contributed by atoms with Gasteiger partial charge in [-0.2, -0.15) is 5.10 Å². The molecule has 2 aromatic heterocycles. The summed E-state index contributed by atoms with van der Waals surface area (Å²) in [5.41, 5.74) is 4.01. The number of carbonyl (C=O) groups is 1. The molecule has 34 heavy (non-hydrogen) atoms. The molecule has 10 heteroatoms. The van der Waals surface area contributed by atoms with Gasteiger partial charge in [-0.05, 0) is 48.9 Å². The van der Waals surface area contributed by atoms with E-state index in [0.717, 1.165) is 11.1 Å². The maximum atomic E-state index is 12.9. The van der Waals surface area contributed by atoms with Gasteiger partial charge in [-0.1, -0.05) is 6.07 Å². The van der Waals surface area contributed by atoms with Crippen LogP contribution in [0.3, 0.4) is 0 Å². The zero-order valence-corrected chi connectivity index (χ0v) is 19.6. The average Bonchev–Trinajstić information content (AvgIpc) is 3.23. The minimum Gasteiger partial charge on any atom is -0.497 e. The van der Waals surface area contributed by atoms with E-state index in [4.69, 9.17) is 18.9 Å². The van der Waals surface area contributed by atoms with E-state index in [1.807, 2.05) is 18.2 Å². The molecule has 0 unspecified atom stereocenters. The molecular weight excluding hydrogens is 438 g/mol. The van der Waals surface area contributed by atoms with Crippen molar-refractivity contribution in [2.75, 3.05) is 33.8 Å². The third kappa shape index (κ3) is 4.23. The highest BCUT2D eigenvalue weighted by Gasteiger charge is 2.23. The standard InChI is InChI=1S/C24H25N5O5/c1-14-22(24(30)25-16-7-9-17(32-3)10-8-16)26-27-23-21(18(13-31-2)28-29(14)23)15-6-11-19(33-4)20(12-15)34-5/h6-12H,13H2,1-5H3,(H,25,30). The first-order chi connectivity index (χ1) is 16.5. The van der Waals surface area contributed by atoms with E-state index >= 15 is 0 Å². The quantitative estimate of drug-likeness (QED) is 0.423. The summed E-state index contributed by atoms with van der Waals surface area (Å²) >= 11 is 0. The van der Waals surface area contributed by atoms with Crippen LogP contribution in [0, 0.1) is 6.92 Å². The Balaban J connectivity index is 1.76. The zero-order chi connectivity index (χ0) is 24.2. The number of benzene rings is 2. The Hall–Kier alpha value is -4.18. The number of fused-ring (bicyclic) bond motifs is 1. The molecule has 4 rings (SSSR count). The summed E-state index contributed by atoms with van der Waals surface area (Å²) in [5.74, 6) is 1.48. The van der Waals surface area contributed by atoms with Crippen molar-refractivity contribution in [3.05, 3.63) is 59.5 Å². The Bertz CT molecular complexity index is 1330. The highest BCUT2D eigenvalue weighted by Crippen LogP contribution is 2.35. The molecule has 0 radical (unpaired) electrons. The summed E-state index contributed by atoms with van der Waals surface area (Å²) in [7, 11) is 6.33. The number of nitrogens with zero attached hydrogens (tertiary/aromatic N) is 4. The van der Waals surface area contributed by atoms with Crippen LogP contribution in [0.5, 0.6) is 17.2 Å². The maximum Gasteiger partial charge on any atom is 0.278 e. The summed E-state index contributed by atoms with van der Waals surface area (Å²) < 4.78 is 22.9. The van der Waals surface area contributed by atoms with Gasteiger partial charge < -0.3 is 24.3 Å². The molecule has 0 aliphatic rings. The molecule has 10 nitrogen and oxygen atoms in total. The van der Waals surface area contributed by atoms with Crippen LogP contribution in [0.2, 0.25) is 0 Å². The third-order valence-corrected chi connectivity index (χ3v) is 5.35. The zero-order valence-electron chi connectivity index (χ0n) is 19.6. The molecule has 2 heterocycles. The van der Waals surface area contributed by atoms with Gasteiger partial charge in [-0.3, -0.25) is 4.79 Å². The smallest absolute Gasteiger partial charge is 0.278 e. The lowest BCUT2D eigenvalue weighted by atomic mass is 10.1. The van der Waals surface area contributed by atoms with Gasteiger partial charge in [0.2, 0.25) is 0 Å². The van der Waals surface area contributed by atoms with Gasteiger partial charge in [-0.15, -0.1) is 10.2 Å². The van der Waals surface area contributed by atoms with Gasteiger partial charge in [0.25, 0.3) is 5.91 Å². The van der Waals surface area contributed by atoms with Gasteiger partial charge in [-0.25, -0.2) is 4.52 Å². The lowest BCUT2D eigenvalue weighted by molar-refractivity contribution is 0.102. The number of ether oxygens (including phenoxy) is 4. The fourth-order valence-corrected chi connectivity index (χ4v) is 3.65.